The summed E-state index contributed by atoms with van der Waals surface area (Å²) in [6, 6.07) is 73.2. The third kappa shape index (κ3) is 5.34. The molecule has 268 valence electrons. The molecule has 0 radical (unpaired) electrons. The monoisotopic (exact) mass is 746 g/mol. The first-order valence-electron chi connectivity index (χ1n) is 19.2. The number of furan rings is 1. The van der Waals surface area contributed by atoms with Gasteiger partial charge in [-0.3, -0.25) is 4.57 Å². The molecule has 0 aliphatic carbocycles. The molecule has 0 amide bonds. The van der Waals surface area contributed by atoms with E-state index in [-0.39, 0.29) is 0 Å². The molecule has 3 aromatic heterocycles. The standard InChI is InChI=1S/C51H34N4OSi/c1-4-18-37(19-5-1)57(38-20-6-2-7-21-38,39-22-8-3-9-23-39)40-24-16-17-35(33-40)49-52-50(36-31-32-48-44(34-36)43-27-12-15-30-47(43)56-48)54-51(53-49)55-45-28-13-10-25-41(45)42-26-11-14-29-46(42)55/h1-34H. The molecule has 11 rings (SSSR count). The molecule has 3 heterocycles. The van der Waals surface area contributed by atoms with Gasteiger partial charge in [-0.1, -0.05) is 170 Å². The van der Waals surface area contributed by atoms with Gasteiger partial charge < -0.3 is 4.42 Å². The zero-order valence-corrected chi connectivity index (χ0v) is 31.8. The topological polar surface area (TPSA) is 56.7 Å². The van der Waals surface area contributed by atoms with Gasteiger partial charge in [-0.05, 0) is 57.1 Å². The van der Waals surface area contributed by atoms with Crippen LogP contribution in [0.5, 0.6) is 0 Å². The average molecular weight is 747 g/mol. The van der Waals surface area contributed by atoms with Crippen molar-refractivity contribution >= 4 is 72.6 Å². The second-order valence-corrected chi connectivity index (χ2v) is 18.2. The first kappa shape index (κ1) is 33.0. The van der Waals surface area contributed by atoms with Crippen LogP contribution in [0.15, 0.2) is 211 Å². The number of aromatic nitrogens is 4. The lowest BCUT2D eigenvalue weighted by Crippen LogP contribution is -2.74. The molecule has 11 aromatic rings. The molecule has 0 saturated carbocycles. The number of nitrogens with zero attached hydrogens (tertiary/aromatic N) is 4. The van der Waals surface area contributed by atoms with E-state index in [1.807, 2.05) is 30.3 Å². The highest BCUT2D eigenvalue weighted by Crippen LogP contribution is 2.34. The van der Waals surface area contributed by atoms with Gasteiger partial charge in [-0.2, -0.15) is 9.97 Å². The van der Waals surface area contributed by atoms with Crippen molar-refractivity contribution in [2.24, 2.45) is 0 Å². The van der Waals surface area contributed by atoms with Crippen molar-refractivity contribution in [3.8, 4) is 28.7 Å². The van der Waals surface area contributed by atoms with Crippen LogP contribution < -0.4 is 20.7 Å². The van der Waals surface area contributed by atoms with E-state index < -0.39 is 8.07 Å². The van der Waals surface area contributed by atoms with E-state index >= 15 is 0 Å². The summed E-state index contributed by atoms with van der Waals surface area (Å²) in [5, 5.41) is 9.55. The number of para-hydroxylation sites is 3. The number of fused-ring (bicyclic) bond motifs is 6. The van der Waals surface area contributed by atoms with Gasteiger partial charge in [-0.25, -0.2) is 4.98 Å². The van der Waals surface area contributed by atoms with Crippen molar-refractivity contribution in [2.75, 3.05) is 0 Å². The summed E-state index contributed by atoms with van der Waals surface area (Å²) in [6.07, 6.45) is 0. The van der Waals surface area contributed by atoms with Crippen LogP contribution >= 0.6 is 0 Å². The maximum atomic E-state index is 6.22. The first-order chi connectivity index (χ1) is 28.3. The Kier molecular flexibility index (Phi) is 7.76. The Morgan fingerprint density at radius 3 is 1.42 bits per heavy atom. The highest BCUT2D eigenvalue weighted by atomic mass is 28.3. The number of rotatable bonds is 7. The molecule has 5 nitrogen and oxygen atoms in total. The van der Waals surface area contributed by atoms with Crippen molar-refractivity contribution < 1.29 is 4.42 Å². The van der Waals surface area contributed by atoms with Gasteiger partial charge in [0.2, 0.25) is 5.95 Å². The fourth-order valence-electron chi connectivity index (χ4n) is 8.68. The average Bonchev–Trinajstić information content (AvgIpc) is 3.83. The lowest BCUT2D eigenvalue weighted by molar-refractivity contribution is 0.669. The van der Waals surface area contributed by atoms with E-state index in [4.69, 9.17) is 19.4 Å². The maximum Gasteiger partial charge on any atom is 0.238 e. The minimum Gasteiger partial charge on any atom is -0.456 e. The highest BCUT2D eigenvalue weighted by Gasteiger charge is 2.41. The maximum absolute atomic E-state index is 6.22. The van der Waals surface area contributed by atoms with Crippen LogP contribution in [0.25, 0.3) is 72.5 Å². The molecule has 0 N–H and O–H groups in total. The molecule has 0 fully saturated rings. The van der Waals surface area contributed by atoms with Crippen LogP contribution in [0.1, 0.15) is 0 Å². The Morgan fingerprint density at radius 1 is 0.351 bits per heavy atom. The molecular formula is C51H34N4OSi. The minimum atomic E-state index is -2.82. The SMILES string of the molecule is c1ccc([Si](c2ccccc2)(c2ccccc2)c2cccc(-c3nc(-c4ccc5oc6ccccc6c5c4)nc(-n4c5ccccc5c5ccccc54)n3)c2)cc1. The highest BCUT2D eigenvalue weighted by molar-refractivity contribution is 7.19. The zero-order chi connectivity index (χ0) is 37.8. The van der Waals surface area contributed by atoms with E-state index in [1.165, 1.54) is 20.7 Å². The summed E-state index contributed by atoms with van der Waals surface area (Å²) in [7, 11) is -2.82. The van der Waals surface area contributed by atoms with Crippen molar-refractivity contribution in [1.29, 1.82) is 0 Å². The van der Waals surface area contributed by atoms with E-state index in [1.54, 1.807) is 0 Å². The van der Waals surface area contributed by atoms with Gasteiger partial charge >= 0.3 is 0 Å². The fraction of sp³-hybridized carbons (Fsp3) is 0. The van der Waals surface area contributed by atoms with Gasteiger partial charge in [0.25, 0.3) is 0 Å². The number of hydrogen-bond acceptors (Lipinski definition) is 4. The van der Waals surface area contributed by atoms with Gasteiger partial charge in [0.1, 0.15) is 11.2 Å². The summed E-state index contributed by atoms with van der Waals surface area (Å²) in [6.45, 7) is 0. The Labute approximate surface area is 330 Å². The predicted molar refractivity (Wildman–Crippen MR) is 236 cm³/mol. The Balaban J connectivity index is 1.18. The van der Waals surface area contributed by atoms with Crippen LogP contribution in [0.2, 0.25) is 0 Å². The van der Waals surface area contributed by atoms with Crippen LogP contribution in [-0.4, -0.2) is 27.6 Å². The van der Waals surface area contributed by atoms with Crippen LogP contribution in [0, 0.1) is 0 Å². The normalized spacial score (nSPS) is 11.9. The summed E-state index contributed by atoms with van der Waals surface area (Å²) in [4.78, 5) is 15.9. The number of hydrogen-bond donors (Lipinski definition) is 0. The van der Waals surface area contributed by atoms with Gasteiger partial charge in [0.05, 0.1) is 11.0 Å². The van der Waals surface area contributed by atoms with Gasteiger partial charge in [-0.15, -0.1) is 0 Å². The van der Waals surface area contributed by atoms with Crippen LogP contribution in [0.3, 0.4) is 0 Å². The zero-order valence-electron chi connectivity index (χ0n) is 30.8. The molecule has 0 aliphatic heterocycles. The molecular weight excluding hydrogens is 713 g/mol. The molecule has 57 heavy (non-hydrogen) atoms. The summed E-state index contributed by atoms with van der Waals surface area (Å²) < 4.78 is 8.39. The second kappa shape index (κ2) is 13.4. The fourth-order valence-corrected chi connectivity index (χ4v) is 13.5. The molecule has 6 heteroatoms. The third-order valence-corrected chi connectivity index (χ3v) is 16.0. The van der Waals surface area contributed by atoms with E-state index in [2.05, 4.69) is 180 Å². The van der Waals surface area contributed by atoms with Crippen molar-refractivity contribution in [3.05, 3.63) is 206 Å². The molecule has 0 unspecified atom stereocenters. The predicted octanol–water partition coefficient (Wildman–Crippen LogP) is 9.58. The van der Waals surface area contributed by atoms with Gasteiger partial charge in [0, 0.05) is 32.7 Å². The van der Waals surface area contributed by atoms with Crippen molar-refractivity contribution in [1.82, 2.24) is 19.5 Å². The Morgan fingerprint density at radius 2 is 0.825 bits per heavy atom. The Bertz CT molecular complexity index is 3100. The lowest BCUT2D eigenvalue weighted by atomic mass is 10.1. The van der Waals surface area contributed by atoms with E-state index in [0.29, 0.717) is 17.6 Å². The molecule has 0 bridgehead atoms. The summed E-state index contributed by atoms with van der Waals surface area (Å²) in [5.41, 5.74) is 5.57. The van der Waals surface area contributed by atoms with Crippen LogP contribution in [0.4, 0.5) is 0 Å². The molecule has 0 spiro atoms. The third-order valence-electron chi connectivity index (χ3n) is 11.2. The molecule has 0 atom stereocenters. The van der Waals surface area contributed by atoms with Crippen molar-refractivity contribution in [2.45, 2.75) is 0 Å². The second-order valence-electron chi connectivity index (χ2n) is 14.4. The summed E-state index contributed by atoms with van der Waals surface area (Å²) >= 11 is 0. The largest absolute Gasteiger partial charge is 0.456 e. The lowest BCUT2D eigenvalue weighted by Gasteiger charge is -2.34. The van der Waals surface area contributed by atoms with Gasteiger partial charge in [0.15, 0.2) is 19.7 Å². The smallest absolute Gasteiger partial charge is 0.238 e. The molecule has 0 aliphatic rings. The quantitative estimate of drug-likeness (QED) is 0.121. The number of benzene rings is 8. The first-order valence-corrected chi connectivity index (χ1v) is 21.2. The summed E-state index contributed by atoms with van der Waals surface area (Å²) in [5.74, 6) is 1.76. The van der Waals surface area contributed by atoms with Crippen molar-refractivity contribution in [3.63, 3.8) is 0 Å². The molecule has 8 aromatic carbocycles. The molecule has 0 saturated heterocycles. The minimum absolute atomic E-state index is 0.563. The van der Waals surface area contributed by atoms with Crippen LogP contribution in [-0.2, 0) is 0 Å². The van der Waals surface area contributed by atoms with E-state index in [9.17, 15) is 0 Å². The van der Waals surface area contributed by atoms with E-state index in [0.717, 1.165) is 54.9 Å². The Hall–Kier alpha value is -7.41.